The fraction of sp³-hybridized carbons (Fsp3) is 0.800. The largest absolute Gasteiger partial charge is 0.374 e. The van der Waals surface area contributed by atoms with E-state index in [0.29, 0.717) is 6.61 Å². The molecule has 2 N–H and O–H groups in total. The van der Waals surface area contributed by atoms with Crippen LogP contribution in [0.5, 0.6) is 0 Å². The van der Waals surface area contributed by atoms with Gasteiger partial charge in [0.1, 0.15) is 13.2 Å². The van der Waals surface area contributed by atoms with E-state index in [1.807, 2.05) is 6.92 Å². The lowest BCUT2D eigenvalue weighted by Crippen LogP contribution is -2.17. The smallest absolute Gasteiger partial charge is 0.186 e. The molecule has 0 saturated heterocycles. The summed E-state index contributed by atoms with van der Waals surface area (Å²) < 4.78 is 4.76. The fourth-order valence-corrected chi connectivity index (χ4v) is 0.351. The van der Waals surface area contributed by atoms with Crippen LogP contribution in [0.2, 0.25) is 0 Å². The summed E-state index contributed by atoms with van der Waals surface area (Å²) in [6.45, 7) is 2.38. The van der Waals surface area contributed by atoms with Crippen molar-refractivity contribution in [1.29, 1.82) is 0 Å². The molecule has 0 fully saturated rings. The van der Waals surface area contributed by atoms with Crippen molar-refractivity contribution >= 4 is 5.78 Å². The first kappa shape index (κ1) is 8.55. The zero-order chi connectivity index (χ0) is 7.11. The molecule has 9 heavy (non-hydrogen) atoms. The van der Waals surface area contributed by atoms with Gasteiger partial charge < -0.3 is 4.74 Å². The van der Waals surface area contributed by atoms with Crippen molar-refractivity contribution in [3.63, 3.8) is 0 Å². The van der Waals surface area contributed by atoms with E-state index in [1.54, 1.807) is 0 Å². The minimum atomic E-state index is -0.139. The molecule has 54 valence electrons. The molecule has 0 aromatic heterocycles. The van der Waals surface area contributed by atoms with Gasteiger partial charge in [-0.1, -0.05) is 0 Å². The van der Waals surface area contributed by atoms with Crippen molar-refractivity contribution in [3.8, 4) is 0 Å². The average molecular weight is 133 g/mol. The number of nitrogens with two attached hydrogens (primary N) is 1. The van der Waals surface area contributed by atoms with Crippen molar-refractivity contribution < 1.29 is 14.4 Å². The number of rotatable bonds is 5. The third-order valence-electron chi connectivity index (χ3n) is 0.711. The van der Waals surface area contributed by atoms with Crippen molar-refractivity contribution in [3.05, 3.63) is 0 Å². The van der Waals surface area contributed by atoms with Crippen LogP contribution in [0.15, 0.2) is 0 Å². The topological polar surface area (TPSA) is 61.5 Å². The van der Waals surface area contributed by atoms with Gasteiger partial charge in [-0.3, -0.25) is 9.63 Å². The minimum Gasteiger partial charge on any atom is -0.374 e. The highest BCUT2D eigenvalue weighted by Crippen LogP contribution is 1.76. The molecule has 4 heteroatoms. The van der Waals surface area contributed by atoms with E-state index in [2.05, 4.69) is 10.7 Å². The van der Waals surface area contributed by atoms with Crippen LogP contribution in [-0.4, -0.2) is 25.6 Å². The Morgan fingerprint density at radius 1 is 1.56 bits per heavy atom. The third kappa shape index (κ3) is 5.42. The molecule has 0 rings (SSSR count). The van der Waals surface area contributed by atoms with Crippen LogP contribution >= 0.6 is 0 Å². The van der Waals surface area contributed by atoms with Crippen molar-refractivity contribution in [2.24, 2.45) is 5.90 Å². The molecule has 0 aliphatic rings. The lowest BCUT2D eigenvalue weighted by atomic mass is 10.4. The predicted molar refractivity (Wildman–Crippen MR) is 31.6 cm³/mol. The summed E-state index contributed by atoms with van der Waals surface area (Å²) >= 11 is 0. The molecule has 0 aliphatic carbocycles. The van der Waals surface area contributed by atoms with E-state index in [4.69, 9.17) is 4.74 Å². The quantitative estimate of drug-likeness (QED) is 0.513. The van der Waals surface area contributed by atoms with E-state index in [9.17, 15) is 4.79 Å². The summed E-state index contributed by atoms with van der Waals surface area (Å²) in [5.74, 6) is 4.49. The predicted octanol–water partition coefficient (Wildman–Crippen LogP) is -0.518. The van der Waals surface area contributed by atoms with Gasteiger partial charge in [0.05, 0.1) is 0 Å². The molecule has 0 atom stereocenters. The zero-order valence-corrected chi connectivity index (χ0v) is 5.42. The van der Waals surface area contributed by atoms with E-state index < -0.39 is 0 Å². The maximum Gasteiger partial charge on any atom is 0.186 e. The van der Waals surface area contributed by atoms with Crippen molar-refractivity contribution in [1.82, 2.24) is 0 Å². The van der Waals surface area contributed by atoms with Crippen molar-refractivity contribution in [2.75, 3.05) is 19.8 Å². The van der Waals surface area contributed by atoms with Gasteiger partial charge in [0, 0.05) is 6.61 Å². The highest BCUT2D eigenvalue weighted by molar-refractivity contribution is 5.80. The number of carbonyl (C=O) groups excluding carboxylic acids is 1. The van der Waals surface area contributed by atoms with Crippen molar-refractivity contribution in [2.45, 2.75) is 6.92 Å². The molecule has 0 saturated carbocycles. The van der Waals surface area contributed by atoms with Crippen LogP contribution in [0.4, 0.5) is 0 Å². The summed E-state index contributed by atoms with van der Waals surface area (Å²) in [4.78, 5) is 14.5. The lowest BCUT2D eigenvalue weighted by Gasteiger charge is -1.97. The van der Waals surface area contributed by atoms with Gasteiger partial charge in [-0.15, -0.1) is 0 Å². The average Bonchev–Trinajstić information content (AvgIpc) is 1.85. The Hall–Kier alpha value is -0.450. The van der Waals surface area contributed by atoms with Crippen LogP contribution in [0.25, 0.3) is 0 Å². The SMILES string of the molecule is CCOCC(=O)CON. The summed E-state index contributed by atoms with van der Waals surface area (Å²) in [6, 6.07) is 0. The molecule has 0 amide bonds. The first-order valence-electron chi connectivity index (χ1n) is 2.72. The molecule has 0 spiro atoms. The number of hydrogen-bond donors (Lipinski definition) is 1. The molecular formula is C5H11NO3. The Bertz CT molecular complexity index is 84.3. The zero-order valence-electron chi connectivity index (χ0n) is 5.42. The number of hydrogen-bond acceptors (Lipinski definition) is 4. The van der Waals surface area contributed by atoms with Gasteiger partial charge in [0.15, 0.2) is 5.78 Å². The van der Waals surface area contributed by atoms with E-state index in [1.165, 1.54) is 0 Å². The molecule has 0 aromatic rings. The molecule has 0 bridgehead atoms. The molecule has 0 unspecified atom stereocenters. The third-order valence-corrected chi connectivity index (χ3v) is 0.711. The molecule has 0 aliphatic heterocycles. The second-order valence-corrected chi connectivity index (χ2v) is 1.49. The fourth-order valence-electron chi connectivity index (χ4n) is 0.351. The Morgan fingerprint density at radius 3 is 2.67 bits per heavy atom. The second kappa shape index (κ2) is 5.68. The monoisotopic (exact) mass is 133 g/mol. The normalized spacial score (nSPS) is 9.56. The Kier molecular flexibility index (Phi) is 5.40. The van der Waals surface area contributed by atoms with Crippen LogP contribution in [-0.2, 0) is 14.4 Å². The molecule has 0 radical (unpaired) electrons. The Labute approximate surface area is 53.9 Å². The molecule has 0 heterocycles. The molecule has 4 nitrogen and oxygen atoms in total. The number of ether oxygens (including phenoxy) is 1. The first-order chi connectivity index (χ1) is 4.31. The van der Waals surface area contributed by atoms with Gasteiger partial charge in [0.2, 0.25) is 0 Å². The number of Topliss-reactive ketones (excluding diaryl/α,β-unsaturated/α-hetero) is 1. The number of carbonyl (C=O) groups is 1. The van der Waals surface area contributed by atoms with E-state index in [-0.39, 0.29) is 19.0 Å². The summed E-state index contributed by atoms with van der Waals surface area (Å²) in [5, 5.41) is 0. The minimum absolute atomic E-state index is 0.0694. The Balaban J connectivity index is 3.06. The van der Waals surface area contributed by atoms with Gasteiger partial charge in [-0.05, 0) is 6.92 Å². The standard InChI is InChI=1S/C5H11NO3/c1-2-8-3-5(7)4-9-6/h2-4,6H2,1H3. The maximum atomic E-state index is 10.5. The van der Waals surface area contributed by atoms with Crippen LogP contribution < -0.4 is 5.90 Å². The maximum absolute atomic E-state index is 10.5. The number of ketones is 1. The Morgan fingerprint density at radius 2 is 2.22 bits per heavy atom. The lowest BCUT2D eigenvalue weighted by molar-refractivity contribution is -0.128. The van der Waals surface area contributed by atoms with Gasteiger partial charge in [-0.2, -0.15) is 0 Å². The molecule has 0 aromatic carbocycles. The van der Waals surface area contributed by atoms with Gasteiger partial charge >= 0.3 is 0 Å². The van der Waals surface area contributed by atoms with Crippen LogP contribution in [0, 0.1) is 0 Å². The van der Waals surface area contributed by atoms with Gasteiger partial charge in [-0.25, -0.2) is 5.90 Å². The highest BCUT2D eigenvalue weighted by atomic mass is 16.6. The molecular weight excluding hydrogens is 122 g/mol. The summed E-state index contributed by atoms with van der Waals surface area (Å²) in [5.41, 5.74) is 0. The van der Waals surface area contributed by atoms with Crippen LogP contribution in [0.3, 0.4) is 0 Å². The highest BCUT2D eigenvalue weighted by Gasteiger charge is 1.98. The van der Waals surface area contributed by atoms with Crippen LogP contribution in [0.1, 0.15) is 6.92 Å². The second-order valence-electron chi connectivity index (χ2n) is 1.49. The first-order valence-corrected chi connectivity index (χ1v) is 2.72. The van der Waals surface area contributed by atoms with E-state index >= 15 is 0 Å². The van der Waals surface area contributed by atoms with Gasteiger partial charge in [0.25, 0.3) is 0 Å². The summed E-state index contributed by atoms with van der Waals surface area (Å²) in [6.07, 6.45) is 0. The summed E-state index contributed by atoms with van der Waals surface area (Å²) in [7, 11) is 0. The van der Waals surface area contributed by atoms with E-state index in [0.717, 1.165) is 0 Å².